The highest BCUT2D eigenvalue weighted by Gasteiger charge is 2.15. The zero-order valence-electron chi connectivity index (χ0n) is 11.4. The second-order valence-electron chi connectivity index (χ2n) is 4.75. The summed E-state index contributed by atoms with van der Waals surface area (Å²) < 4.78 is 13.3. The Hall–Kier alpha value is -1.87. The molecule has 2 nitrogen and oxygen atoms in total. The van der Waals surface area contributed by atoms with Crippen LogP contribution in [0.2, 0.25) is 5.02 Å². The summed E-state index contributed by atoms with van der Waals surface area (Å²) in [6.45, 7) is 2.22. The van der Waals surface area contributed by atoms with Crippen molar-refractivity contribution in [2.45, 2.75) is 13.5 Å². The Labute approximate surface area is 122 Å². The van der Waals surface area contributed by atoms with Crippen LogP contribution in [0.15, 0.2) is 42.5 Å². The van der Waals surface area contributed by atoms with Crippen molar-refractivity contribution in [1.82, 2.24) is 4.90 Å². The van der Waals surface area contributed by atoms with E-state index in [4.69, 9.17) is 11.6 Å². The van der Waals surface area contributed by atoms with Gasteiger partial charge in [-0.2, -0.15) is 0 Å². The van der Waals surface area contributed by atoms with E-state index < -0.39 is 5.82 Å². The van der Waals surface area contributed by atoms with Crippen LogP contribution in [0.5, 0.6) is 0 Å². The molecule has 104 valence electrons. The number of halogens is 2. The zero-order valence-corrected chi connectivity index (χ0v) is 12.1. The van der Waals surface area contributed by atoms with E-state index in [0.29, 0.717) is 17.1 Å². The molecule has 0 aliphatic heterocycles. The molecule has 0 atom stereocenters. The lowest BCUT2D eigenvalue weighted by Gasteiger charge is -2.18. The van der Waals surface area contributed by atoms with E-state index in [1.807, 2.05) is 18.2 Å². The fraction of sp³-hybridized carbons (Fsp3) is 0.188. The first-order chi connectivity index (χ1) is 9.47. The standard InChI is InChI=1S/C16H15ClFNO/c1-11-6-7-14(18)9-15(11)16(20)19(2)10-12-4-3-5-13(17)8-12/h3-9H,10H2,1-2H3. The molecule has 20 heavy (non-hydrogen) atoms. The van der Waals surface area contributed by atoms with Gasteiger partial charge in [0.15, 0.2) is 0 Å². The van der Waals surface area contributed by atoms with Gasteiger partial charge in [0.05, 0.1) is 0 Å². The molecule has 0 aliphatic rings. The lowest BCUT2D eigenvalue weighted by Crippen LogP contribution is -2.27. The van der Waals surface area contributed by atoms with Gasteiger partial charge in [-0.15, -0.1) is 0 Å². The minimum Gasteiger partial charge on any atom is -0.337 e. The Bertz CT molecular complexity index is 642. The van der Waals surface area contributed by atoms with Crippen molar-refractivity contribution < 1.29 is 9.18 Å². The van der Waals surface area contributed by atoms with Crippen LogP contribution < -0.4 is 0 Å². The first kappa shape index (κ1) is 14.5. The van der Waals surface area contributed by atoms with Crippen LogP contribution >= 0.6 is 11.6 Å². The predicted molar refractivity (Wildman–Crippen MR) is 78.4 cm³/mol. The number of amides is 1. The third-order valence-electron chi connectivity index (χ3n) is 3.09. The summed E-state index contributed by atoms with van der Waals surface area (Å²) in [7, 11) is 1.69. The Morgan fingerprint density at radius 1 is 1.25 bits per heavy atom. The number of benzene rings is 2. The lowest BCUT2D eigenvalue weighted by molar-refractivity contribution is 0.0784. The van der Waals surface area contributed by atoms with Crippen molar-refractivity contribution >= 4 is 17.5 Å². The maximum absolute atomic E-state index is 13.3. The molecule has 0 heterocycles. The molecule has 0 aliphatic carbocycles. The smallest absolute Gasteiger partial charge is 0.254 e. The molecule has 2 aromatic rings. The molecule has 0 N–H and O–H groups in total. The van der Waals surface area contributed by atoms with Gasteiger partial charge >= 0.3 is 0 Å². The Morgan fingerprint density at radius 3 is 2.70 bits per heavy atom. The number of carbonyl (C=O) groups is 1. The first-order valence-corrected chi connectivity index (χ1v) is 6.61. The number of nitrogens with zero attached hydrogens (tertiary/aromatic N) is 1. The van der Waals surface area contributed by atoms with E-state index in [1.54, 1.807) is 31.0 Å². The van der Waals surface area contributed by atoms with Crippen molar-refractivity contribution in [3.63, 3.8) is 0 Å². The third kappa shape index (κ3) is 3.36. The number of hydrogen-bond acceptors (Lipinski definition) is 1. The van der Waals surface area contributed by atoms with Crippen LogP contribution in [0.1, 0.15) is 21.5 Å². The Balaban J connectivity index is 2.18. The molecule has 0 saturated heterocycles. The van der Waals surface area contributed by atoms with Gasteiger partial charge in [0.1, 0.15) is 5.82 Å². The van der Waals surface area contributed by atoms with E-state index in [0.717, 1.165) is 11.1 Å². The molecule has 2 aromatic carbocycles. The molecular weight excluding hydrogens is 277 g/mol. The van der Waals surface area contributed by atoms with Gasteiger partial charge in [-0.25, -0.2) is 4.39 Å². The van der Waals surface area contributed by atoms with Crippen molar-refractivity contribution in [1.29, 1.82) is 0 Å². The van der Waals surface area contributed by atoms with E-state index in [1.165, 1.54) is 12.1 Å². The van der Waals surface area contributed by atoms with Crippen molar-refractivity contribution in [2.24, 2.45) is 0 Å². The quantitative estimate of drug-likeness (QED) is 0.835. The predicted octanol–water partition coefficient (Wildman–Crippen LogP) is 4.06. The summed E-state index contributed by atoms with van der Waals surface area (Å²) in [6.07, 6.45) is 0. The Morgan fingerprint density at radius 2 is 2.00 bits per heavy atom. The van der Waals surface area contributed by atoms with Gasteiger partial charge in [0.25, 0.3) is 5.91 Å². The van der Waals surface area contributed by atoms with E-state index >= 15 is 0 Å². The highest BCUT2D eigenvalue weighted by molar-refractivity contribution is 6.30. The number of rotatable bonds is 3. The van der Waals surface area contributed by atoms with Crippen LogP contribution in [0.25, 0.3) is 0 Å². The minimum atomic E-state index is -0.407. The average molecular weight is 292 g/mol. The van der Waals surface area contributed by atoms with E-state index in [-0.39, 0.29) is 5.91 Å². The zero-order chi connectivity index (χ0) is 14.7. The Kier molecular flexibility index (Phi) is 4.40. The van der Waals surface area contributed by atoms with Crippen LogP contribution in [-0.2, 0) is 6.54 Å². The van der Waals surface area contributed by atoms with Gasteiger partial charge in [-0.1, -0.05) is 29.8 Å². The maximum Gasteiger partial charge on any atom is 0.254 e. The summed E-state index contributed by atoms with van der Waals surface area (Å²) in [6, 6.07) is 11.6. The average Bonchev–Trinajstić information content (AvgIpc) is 2.40. The van der Waals surface area contributed by atoms with Crippen molar-refractivity contribution in [3.8, 4) is 0 Å². The lowest BCUT2D eigenvalue weighted by atomic mass is 10.1. The van der Waals surface area contributed by atoms with Crippen molar-refractivity contribution in [3.05, 3.63) is 70.0 Å². The summed E-state index contributed by atoms with van der Waals surface area (Å²) in [5.41, 5.74) is 2.08. The molecule has 0 aromatic heterocycles. The summed E-state index contributed by atoms with van der Waals surface area (Å²) in [4.78, 5) is 13.9. The highest BCUT2D eigenvalue weighted by Crippen LogP contribution is 2.16. The van der Waals surface area contributed by atoms with Crippen LogP contribution in [0.3, 0.4) is 0 Å². The minimum absolute atomic E-state index is 0.207. The van der Waals surface area contributed by atoms with Gasteiger partial charge in [0, 0.05) is 24.2 Å². The first-order valence-electron chi connectivity index (χ1n) is 6.23. The molecule has 0 unspecified atom stereocenters. The fourth-order valence-corrected chi connectivity index (χ4v) is 2.22. The van der Waals surface area contributed by atoms with E-state index in [2.05, 4.69) is 0 Å². The summed E-state index contributed by atoms with van der Waals surface area (Å²) >= 11 is 5.92. The molecule has 4 heteroatoms. The summed E-state index contributed by atoms with van der Waals surface area (Å²) in [5, 5.41) is 0.630. The van der Waals surface area contributed by atoms with Crippen LogP contribution in [0, 0.1) is 12.7 Å². The largest absolute Gasteiger partial charge is 0.337 e. The van der Waals surface area contributed by atoms with Crippen molar-refractivity contribution in [2.75, 3.05) is 7.05 Å². The van der Waals surface area contributed by atoms with Crippen LogP contribution in [-0.4, -0.2) is 17.9 Å². The number of aryl methyl sites for hydroxylation is 1. The van der Waals surface area contributed by atoms with Gasteiger partial charge < -0.3 is 4.90 Å². The molecule has 0 saturated carbocycles. The molecule has 1 amide bonds. The molecule has 2 rings (SSSR count). The number of carbonyl (C=O) groups excluding carboxylic acids is 1. The second kappa shape index (κ2) is 6.06. The maximum atomic E-state index is 13.3. The summed E-state index contributed by atoms with van der Waals surface area (Å²) in [5.74, 6) is -0.614. The normalized spacial score (nSPS) is 10.4. The highest BCUT2D eigenvalue weighted by atomic mass is 35.5. The van der Waals surface area contributed by atoms with Gasteiger partial charge in [-0.3, -0.25) is 4.79 Å². The van der Waals surface area contributed by atoms with E-state index in [9.17, 15) is 9.18 Å². The van der Waals surface area contributed by atoms with Gasteiger partial charge in [0.2, 0.25) is 0 Å². The number of hydrogen-bond donors (Lipinski definition) is 0. The second-order valence-corrected chi connectivity index (χ2v) is 5.19. The monoisotopic (exact) mass is 291 g/mol. The topological polar surface area (TPSA) is 20.3 Å². The molecule has 0 bridgehead atoms. The fourth-order valence-electron chi connectivity index (χ4n) is 2.01. The van der Waals surface area contributed by atoms with Crippen LogP contribution in [0.4, 0.5) is 4.39 Å². The molecular formula is C16H15ClFNO. The molecule has 0 radical (unpaired) electrons. The van der Waals surface area contributed by atoms with Gasteiger partial charge in [-0.05, 0) is 42.3 Å². The SMILES string of the molecule is Cc1ccc(F)cc1C(=O)N(C)Cc1cccc(Cl)c1. The molecule has 0 fully saturated rings. The third-order valence-corrected chi connectivity index (χ3v) is 3.32. The molecule has 0 spiro atoms.